The van der Waals surface area contributed by atoms with Crippen molar-refractivity contribution in [2.45, 2.75) is 31.7 Å². The minimum Gasteiger partial charge on any atom is -0.450 e. The zero-order chi connectivity index (χ0) is 21.0. The molecule has 3 aromatic rings. The summed E-state index contributed by atoms with van der Waals surface area (Å²) in [5.74, 6) is 0.812. The molecule has 1 aliphatic heterocycles. The predicted octanol–water partition coefficient (Wildman–Crippen LogP) is 3.91. The van der Waals surface area contributed by atoms with Gasteiger partial charge in [-0.2, -0.15) is 0 Å². The van der Waals surface area contributed by atoms with Crippen molar-refractivity contribution in [3.05, 3.63) is 76.6 Å². The van der Waals surface area contributed by atoms with E-state index in [2.05, 4.69) is 27.7 Å². The van der Waals surface area contributed by atoms with Gasteiger partial charge in [-0.3, -0.25) is 0 Å². The van der Waals surface area contributed by atoms with E-state index in [-0.39, 0.29) is 11.5 Å². The Morgan fingerprint density at radius 2 is 1.80 bits per heavy atom. The molecule has 1 aliphatic rings. The lowest BCUT2D eigenvalue weighted by atomic mass is 9.72. The lowest BCUT2D eigenvalue weighted by Crippen LogP contribution is -2.47. The van der Waals surface area contributed by atoms with Crippen molar-refractivity contribution in [1.82, 2.24) is 25.1 Å². The number of carbonyl (C=O) groups is 1. The number of carbonyl (C=O) groups excluding carboxylic acids is 1. The zero-order valence-corrected chi connectivity index (χ0v) is 17.6. The number of hydrogen-bond acceptors (Lipinski definition) is 5. The van der Waals surface area contributed by atoms with E-state index < -0.39 is 0 Å². The van der Waals surface area contributed by atoms with E-state index in [1.165, 1.54) is 0 Å². The highest BCUT2D eigenvalue weighted by Crippen LogP contribution is 2.40. The molecule has 0 saturated carbocycles. The number of amides is 1. The van der Waals surface area contributed by atoms with Crippen molar-refractivity contribution in [2.24, 2.45) is 0 Å². The molecular formula is C22H24ClN5O2. The normalized spacial score (nSPS) is 15.7. The third kappa shape index (κ3) is 4.03. The summed E-state index contributed by atoms with van der Waals surface area (Å²) in [5.41, 5.74) is 1.85. The number of hydrogen-bond donors (Lipinski definition) is 0. The van der Waals surface area contributed by atoms with Gasteiger partial charge in [-0.25, -0.2) is 9.48 Å². The van der Waals surface area contributed by atoms with Gasteiger partial charge in [0.25, 0.3) is 0 Å². The molecule has 156 valence electrons. The summed E-state index contributed by atoms with van der Waals surface area (Å²) in [7, 11) is 0. The molecule has 1 aromatic heterocycles. The van der Waals surface area contributed by atoms with Gasteiger partial charge in [0.1, 0.15) is 0 Å². The van der Waals surface area contributed by atoms with Crippen LogP contribution in [0.3, 0.4) is 0 Å². The highest BCUT2D eigenvalue weighted by Gasteiger charge is 2.43. The van der Waals surface area contributed by atoms with E-state index in [1.54, 1.807) is 4.90 Å². The minimum atomic E-state index is -0.375. The van der Waals surface area contributed by atoms with E-state index in [4.69, 9.17) is 16.3 Å². The summed E-state index contributed by atoms with van der Waals surface area (Å²) in [6.45, 7) is 3.91. The van der Waals surface area contributed by atoms with E-state index in [0.29, 0.717) is 31.3 Å². The minimum absolute atomic E-state index is 0.264. The highest BCUT2D eigenvalue weighted by atomic mass is 35.5. The molecule has 0 atom stereocenters. The van der Waals surface area contributed by atoms with Crippen LogP contribution in [0.4, 0.5) is 4.79 Å². The van der Waals surface area contributed by atoms with Crippen LogP contribution in [0.15, 0.2) is 54.6 Å². The standard InChI is InChI=1S/C22H24ClN5O2/c1-2-30-21(29)27-14-12-22(13-15-27,18-6-4-3-5-7-18)20-24-25-26-28(20)16-17-8-10-19(23)11-9-17/h3-11H,2,12-16H2,1H3. The molecule has 2 aromatic carbocycles. The zero-order valence-electron chi connectivity index (χ0n) is 16.9. The molecule has 0 aliphatic carbocycles. The quantitative estimate of drug-likeness (QED) is 0.619. The third-order valence-electron chi connectivity index (χ3n) is 5.67. The molecule has 8 heteroatoms. The Bertz CT molecular complexity index is 982. The monoisotopic (exact) mass is 425 g/mol. The summed E-state index contributed by atoms with van der Waals surface area (Å²) in [4.78, 5) is 14.0. The van der Waals surface area contributed by atoms with E-state index in [0.717, 1.165) is 29.8 Å². The van der Waals surface area contributed by atoms with Gasteiger partial charge < -0.3 is 9.64 Å². The Labute approximate surface area is 180 Å². The molecule has 7 nitrogen and oxygen atoms in total. The predicted molar refractivity (Wildman–Crippen MR) is 113 cm³/mol. The first-order valence-corrected chi connectivity index (χ1v) is 10.5. The number of benzene rings is 2. The molecule has 0 bridgehead atoms. The van der Waals surface area contributed by atoms with E-state index in [1.807, 2.05) is 54.1 Å². The number of ether oxygens (including phenoxy) is 1. The summed E-state index contributed by atoms with van der Waals surface area (Å²) in [5, 5.41) is 13.4. The summed E-state index contributed by atoms with van der Waals surface area (Å²) in [6, 6.07) is 18.0. The van der Waals surface area contributed by atoms with E-state index in [9.17, 15) is 4.79 Å². The lowest BCUT2D eigenvalue weighted by molar-refractivity contribution is 0.0893. The second-order valence-corrected chi connectivity index (χ2v) is 7.86. The van der Waals surface area contributed by atoms with Crippen LogP contribution in [-0.4, -0.2) is 50.9 Å². The van der Waals surface area contributed by atoms with E-state index >= 15 is 0 Å². The molecular weight excluding hydrogens is 402 g/mol. The second kappa shape index (κ2) is 8.83. The smallest absolute Gasteiger partial charge is 0.409 e. The first-order chi connectivity index (χ1) is 14.6. The molecule has 1 saturated heterocycles. The van der Waals surface area contributed by atoms with Gasteiger partial charge in [0.2, 0.25) is 0 Å². The average molecular weight is 426 g/mol. The Hall–Kier alpha value is -2.93. The molecule has 2 heterocycles. The Balaban J connectivity index is 1.66. The van der Waals surface area contributed by atoms with Crippen LogP contribution in [0.25, 0.3) is 0 Å². The maximum absolute atomic E-state index is 12.2. The maximum atomic E-state index is 12.2. The van der Waals surface area contributed by atoms with Gasteiger partial charge in [-0.15, -0.1) is 5.10 Å². The molecule has 4 rings (SSSR count). The van der Waals surface area contributed by atoms with Crippen molar-refractivity contribution >= 4 is 17.7 Å². The van der Waals surface area contributed by atoms with Gasteiger partial charge >= 0.3 is 6.09 Å². The first kappa shape index (κ1) is 20.3. The van der Waals surface area contributed by atoms with Crippen molar-refractivity contribution in [1.29, 1.82) is 0 Å². The molecule has 1 fully saturated rings. The van der Waals surface area contributed by atoms with Crippen LogP contribution in [0.1, 0.15) is 36.7 Å². The Kier molecular flexibility index (Phi) is 5.99. The molecule has 0 unspecified atom stereocenters. The van der Waals surface area contributed by atoms with Gasteiger partial charge in [-0.1, -0.05) is 54.1 Å². The van der Waals surface area contributed by atoms with Crippen molar-refractivity contribution in [3.63, 3.8) is 0 Å². The summed E-state index contributed by atoms with van der Waals surface area (Å²) >= 11 is 6.02. The summed E-state index contributed by atoms with van der Waals surface area (Å²) in [6.07, 6.45) is 1.17. The SMILES string of the molecule is CCOC(=O)N1CCC(c2ccccc2)(c2nnnn2Cc2ccc(Cl)cc2)CC1. The number of likely N-dealkylation sites (tertiary alicyclic amines) is 1. The number of rotatable bonds is 5. The molecule has 1 amide bonds. The van der Waals surface area contributed by atoms with Gasteiger partial charge in [0, 0.05) is 18.1 Å². The number of piperidine rings is 1. The molecule has 0 spiro atoms. The van der Waals surface area contributed by atoms with Gasteiger partial charge in [0.05, 0.1) is 18.6 Å². The number of aromatic nitrogens is 4. The topological polar surface area (TPSA) is 73.1 Å². The second-order valence-electron chi connectivity index (χ2n) is 7.42. The molecule has 0 radical (unpaired) electrons. The van der Waals surface area contributed by atoms with Crippen LogP contribution in [-0.2, 0) is 16.7 Å². The number of tetrazole rings is 1. The van der Waals surface area contributed by atoms with Gasteiger partial charge in [-0.05, 0) is 53.5 Å². The third-order valence-corrected chi connectivity index (χ3v) is 5.93. The van der Waals surface area contributed by atoms with Crippen molar-refractivity contribution < 1.29 is 9.53 Å². The van der Waals surface area contributed by atoms with Crippen LogP contribution in [0.5, 0.6) is 0 Å². The van der Waals surface area contributed by atoms with Crippen LogP contribution < -0.4 is 0 Å². The fraction of sp³-hybridized carbons (Fsp3) is 0.364. The number of halogens is 1. The van der Waals surface area contributed by atoms with Crippen LogP contribution >= 0.6 is 11.6 Å². The maximum Gasteiger partial charge on any atom is 0.409 e. The van der Waals surface area contributed by atoms with Crippen LogP contribution in [0, 0.1) is 0 Å². The molecule has 30 heavy (non-hydrogen) atoms. The Morgan fingerprint density at radius 1 is 1.10 bits per heavy atom. The van der Waals surface area contributed by atoms with Gasteiger partial charge in [0.15, 0.2) is 5.82 Å². The largest absolute Gasteiger partial charge is 0.450 e. The average Bonchev–Trinajstić information content (AvgIpc) is 3.25. The van der Waals surface area contributed by atoms with Crippen molar-refractivity contribution in [2.75, 3.05) is 19.7 Å². The first-order valence-electron chi connectivity index (χ1n) is 10.1. The van der Waals surface area contributed by atoms with Crippen molar-refractivity contribution in [3.8, 4) is 0 Å². The fourth-order valence-electron chi connectivity index (χ4n) is 4.10. The fourth-order valence-corrected chi connectivity index (χ4v) is 4.23. The Morgan fingerprint density at radius 3 is 2.47 bits per heavy atom. The van der Waals surface area contributed by atoms with Crippen LogP contribution in [0.2, 0.25) is 5.02 Å². The highest BCUT2D eigenvalue weighted by molar-refractivity contribution is 6.30. The molecule has 0 N–H and O–H groups in total. The number of nitrogens with zero attached hydrogens (tertiary/aromatic N) is 5. The summed E-state index contributed by atoms with van der Waals surface area (Å²) < 4.78 is 7.05. The lowest BCUT2D eigenvalue weighted by Gasteiger charge is -2.40.